The number of thioether (sulfide) groups is 1. The second kappa shape index (κ2) is 7.01. The average molecular weight is 392 g/mol. The van der Waals surface area contributed by atoms with Gasteiger partial charge in [-0.15, -0.1) is 11.8 Å². The van der Waals surface area contributed by atoms with Crippen molar-refractivity contribution in [3.8, 4) is 5.75 Å². The monoisotopic (exact) mass is 392 g/mol. The zero-order valence-electron chi connectivity index (χ0n) is 14.4. The molecule has 0 radical (unpaired) electrons. The second-order valence-electron chi connectivity index (χ2n) is 6.51. The fourth-order valence-corrected chi connectivity index (χ4v) is 4.63. The molecule has 0 spiro atoms. The molecule has 11 heteroatoms. The minimum absolute atomic E-state index is 0.0315. The number of hydrogen-bond donors (Lipinski definition) is 1. The fraction of sp³-hybridized carbons (Fsp3) is 0.438. The quantitative estimate of drug-likeness (QED) is 0.249. The first-order valence-electron chi connectivity index (χ1n) is 7.99. The van der Waals surface area contributed by atoms with Crippen LogP contribution in [0.15, 0.2) is 29.3 Å². The maximum Gasteiger partial charge on any atom is 0.310 e. The number of fused-ring (bicyclic) bond motifs is 1. The van der Waals surface area contributed by atoms with E-state index in [0.717, 1.165) is 0 Å². The van der Waals surface area contributed by atoms with E-state index < -0.39 is 34.4 Å². The first-order chi connectivity index (χ1) is 12.8. The molecule has 0 bridgehead atoms. The number of rotatable bonds is 6. The Kier molecular flexibility index (Phi) is 4.90. The topological polar surface area (TPSA) is 131 Å². The molecule has 2 fully saturated rings. The number of hydrogen-bond acceptors (Lipinski definition) is 8. The Bertz CT molecular complexity index is 853. The van der Waals surface area contributed by atoms with Crippen LogP contribution in [-0.2, 0) is 14.4 Å². The predicted molar refractivity (Wildman–Crippen MR) is 94.7 cm³/mol. The van der Waals surface area contributed by atoms with E-state index >= 15 is 0 Å². The lowest BCUT2D eigenvalue weighted by Crippen LogP contribution is -2.69. The number of carbonyl (C=O) groups is 2. The third-order valence-electron chi connectivity index (χ3n) is 4.30. The second-order valence-corrected chi connectivity index (χ2v) is 8.28. The number of amides is 2. The number of para-hydroxylation sites is 2. The number of carbonyl (C=O) groups excluding carboxylic acids is 3. The standard InChI is InChI=1S/C16H16N4O6S/c1-16(2)15(17-8-21)19-13(23)12(14(19)27-16)18-11(22)7-26-10-6-4-3-5-9(10)20(24)25/h3-6,12,14-15H,7H2,1-2H3,(H,18,22)/t12?,14-,15?/m1/s1. The first-order valence-corrected chi connectivity index (χ1v) is 8.87. The van der Waals surface area contributed by atoms with Crippen molar-refractivity contribution in [1.29, 1.82) is 0 Å². The van der Waals surface area contributed by atoms with E-state index in [4.69, 9.17) is 4.74 Å². The summed E-state index contributed by atoms with van der Waals surface area (Å²) in [5.74, 6) is -0.955. The summed E-state index contributed by atoms with van der Waals surface area (Å²) in [5.41, 5.74) is -0.251. The van der Waals surface area contributed by atoms with Crippen molar-refractivity contribution in [3.63, 3.8) is 0 Å². The fourth-order valence-electron chi connectivity index (χ4n) is 3.07. The van der Waals surface area contributed by atoms with E-state index in [-0.39, 0.29) is 22.7 Å². The molecule has 10 nitrogen and oxygen atoms in total. The van der Waals surface area contributed by atoms with Gasteiger partial charge in [-0.25, -0.2) is 4.79 Å². The van der Waals surface area contributed by atoms with E-state index in [0.29, 0.717) is 0 Å². The molecule has 2 aliphatic heterocycles. The van der Waals surface area contributed by atoms with Gasteiger partial charge in [0.1, 0.15) is 11.4 Å². The van der Waals surface area contributed by atoms with Gasteiger partial charge in [0.05, 0.1) is 9.67 Å². The van der Waals surface area contributed by atoms with Crippen LogP contribution >= 0.6 is 11.8 Å². The highest BCUT2D eigenvalue weighted by molar-refractivity contribution is 8.01. The lowest BCUT2D eigenvalue weighted by molar-refractivity contribution is -0.385. The molecular formula is C16H16N4O6S. The number of nitrogens with one attached hydrogen (secondary N) is 1. The summed E-state index contributed by atoms with van der Waals surface area (Å²) in [7, 11) is 0. The van der Waals surface area contributed by atoms with Gasteiger partial charge in [0.2, 0.25) is 6.08 Å². The van der Waals surface area contributed by atoms with Crippen LogP contribution in [0.1, 0.15) is 13.8 Å². The Hall–Kier alpha value is -2.91. The van der Waals surface area contributed by atoms with Crippen molar-refractivity contribution >= 4 is 35.3 Å². The summed E-state index contributed by atoms with van der Waals surface area (Å²) >= 11 is 1.43. The molecule has 0 aliphatic carbocycles. The van der Waals surface area contributed by atoms with E-state index in [1.807, 2.05) is 13.8 Å². The van der Waals surface area contributed by atoms with Crippen molar-refractivity contribution in [2.75, 3.05) is 6.61 Å². The molecule has 2 heterocycles. The molecule has 142 valence electrons. The summed E-state index contributed by atoms with van der Waals surface area (Å²) in [6.45, 7) is 3.24. The smallest absolute Gasteiger partial charge is 0.310 e. The third-order valence-corrected chi connectivity index (χ3v) is 5.86. The van der Waals surface area contributed by atoms with E-state index in [1.165, 1.54) is 40.9 Å². The Morgan fingerprint density at radius 1 is 1.48 bits per heavy atom. The predicted octanol–water partition coefficient (Wildman–Crippen LogP) is 0.814. The van der Waals surface area contributed by atoms with E-state index in [9.17, 15) is 24.5 Å². The summed E-state index contributed by atoms with van der Waals surface area (Å²) < 4.78 is 4.73. The van der Waals surface area contributed by atoms with Gasteiger partial charge in [0.25, 0.3) is 11.8 Å². The summed E-state index contributed by atoms with van der Waals surface area (Å²) in [4.78, 5) is 50.6. The van der Waals surface area contributed by atoms with Crippen molar-refractivity contribution in [1.82, 2.24) is 10.2 Å². The third kappa shape index (κ3) is 3.38. The van der Waals surface area contributed by atoms with Crippen LogP contribution < -0.4 is 10.1 Å². The van der Waals surface area contributed by atoms with Crippen molar-refractivity contribution in [2.45, 2.75) is 36.2 Å². The molecule has 2 amide bonds. The SMILES string of the molecule is CC1(C)S[C@@H]2C(NC(=O)COc3ccccc3[N+](=O)[O-])C(=O)N2C1N=C=O. The van der Waals surface area contributed by atoms with Gasteiger partial charge in [-0.3, -0.25) is 19.7 Å². The molecule has 0 aromatic heterocycles. The van der Waals surface area contributed by atoms with Gasteiger partial charge in [-0.05, 0) is 19.9 Å². The zero-order valence-corrected chi connectivity index (χ0v) is 15.3. The van der Waals surface area contributed by atoms with Crippen LogP contribution in [-0.4, -0.2) is 56.7 Å². The highest BCUT2D eigenvalue weighted by atomic mass is 32.2. The van der Waals surface area contributed by atoms with Gasteiger partial charge in [0.15, 0.2) is 18.5 Å². The molecule has 27 heavy (non-hydrogen) atoms. The number of nitro benzene ring substituents is 1. The maximum atomic E-state index is 12.3. The molecule has 2 aliphatic rings. The van der Waals surface area contributed by atoms with Crippen molar-refractivity contribution in [2.24, 2.45) is 4.99 Å². The number of isocyanates is 1. The molecular weight excluding hydrogens is 376 g/mol. The molecule has 2 unspecified atom stereocenters. The van der Waals surface area contributed by atoms with Gasteiger partial charge >= 0.3 is 5.69 Å². The molecule has 0 saturated carbocycles. The Morgan fingerprint density at radius 3 is 2.85 bits per heavy atom. The highest BCUT2D eigenvalue weighted by Gasteiger charge is 2.62. The van der Waals surface area contributed by atoms with E-state index in [2.05, 4.69) is 10.3 Å². The van der Waals surface area contributed by atoms with Gasteiger partial charge in [0, 0.05) is 6.07 Å². The normalized spacial score (nSPS) is 25.0. The summed E-state index contributed by atoms with van der Waals surface area (Å²) in [6, 6.07) is 4.94. The number of benzene rings is 1. The van der Waals surface area contributed by atoms with Crippen molar-refractivity contribution < 1.29 is 24.0 Å². The van der Waals surface area contributed by atoms with Crippen LogP contribution in [0.2, 0.25) is 0 Å². The van der Waals surface area contributed by atoms with E-state index in [1.54, 1.807) is 6.07 Å². The average Bonchev–Trinajstić information content (AvgIpc) is 2.86. The summed E-state index contributed by atoms with van der Waals surface area (Å²) in [6.07, 6.45) is 0.854. The molecule has 3 rings (SSSR count). The number of nitrogens with zero attached hydrogens (tertiary/aromatic N) is 3. The molecule has 2 saturated heterocycles. The van der Waals surface area contributed by atoms with Gasteiger partial charge < -0.3 is 15.0 Å². The highest BCUT2D eigenvalue weighted by Crippen LogP contribution is 2.50. The minimum Gasteiger partial charge on any atom is -0.477 e. The summed E-state index contributed by atoms with van der Waals surface area (Å²) in [5, 5.41) is 13.2. The number of aliphatic imine (C=N–C) groups is 1. The Balaban J connectivity index is 1.61. The van der Waals surface area contributed by atoms with Crippen LogP contribution in [0.25, 0.3) is 0 Å². The van der Waals surface area contributed by atoms with Crippen LogP contribution in [0, 0.1) is 10.1 Å². The van der Waals surface area contributed by atoms with Gasteiger partial charge in [-0.1, -0.05) is 12.1 Å². The Morgan fingerprint density at radius 2 is 2.19 bits per heavy atom. The zero-order chi connectivity index (χ0) is 19.8. The molecule has 1 aromatic carbocycles. The number of ether oxygens (including phenoxy) is 1. The maximum absolute atomic E-state index is 12.3. The van der Waals surface area contributed by atoms with Crippen LogP contribution in [0.5, 0.6) is 5.75 Å². The van der Waals surface area contributed by atoms with Crippen LogP contribution in [0.4, 0.5) is 5.69 Å². The molecule has 1 N–H and O–H groups in total. The lowest BCUT2D eigenvalue weighted by Gasteiger charge is -2.43. The number of nitro groups is 1. The lowest BCUT2D eigenvalue weighted by atomic mass is 10.0. The van der Waals surface area contributed by atoms with Crippen LogP contribution in [0.3, 0.4) is 0 Å². The molecule has 1 aromatic rings. The van der Waals surface area contributed by atoms with Crippen molar-refractivity contribution in [3.05, 3.63) is 34.4 Å². The van der Waals surface area contributed by atoms with Gasteiger partial charge in [-0.2, -0.15) is 4.99 Å². The first kappa shape index (κ1) is 18.9. The Labute approximate surface area is 158 Å². The minimum atomic E-state index is -0.761. The largest absolute Gasteiger partial charge is 0.477 e. The molecule has 3 atom stereocenters. The number of β-lactam (4-membered cyclic amide) rings is 1.